The molecule has 1 aliphatic carbocycles. The van der Waals surface area contributed by atoms with E-state index in [1.54, 1.807) is 0 Å². The van der Waals surface area contributed by atoms with Gasteiger partial charge in [-0.25, -0.2) is 0 Å². The molecule has 0 bridgehead atoms. The first-order chi connectivity index (χ1) is 9.27. The molecule has 0 aromatic heterocycles. The van der Waals surface area contributed by atoms with Crippen molar-refractivity contribution in [3.63, 3.8) is 0 Å². The smallest absolute Gasteiger partial charge is 0.0126 e. The molecule has 4 unspecified atom stereocenters. The average molecular weight is 281 g/mol. The zero-order chi connectivity index (χ0) is 14.9. The van der Waals surface area contributed by atoms with Crippen LogP contribution in [0, 0.1) is 17.8 Å². The van der Waals surface area contributed by atoms with Gasteiger partial charge in [0.05, 0.1) is 0 Å². The maximum atomic E-state index is 6.44. The summed E-state index contributed by atoms with van der Waals surface area (Å²) in [5, 5.41) is 0. The first-order valence-corrected chi connectivity index (χ1v) is 8.50. The fourth-order valence-corrected chi connectivity index (χ4v) is 4.18. The van der Waals surface area contributed by atoms with E-state index in [1.807, 2.05) is 0 Å². The third-order valence-corrected chi connectivity index (χ3v) is 5.52. The van der Waals surface area contributed by atoms with Gasteiger partial charge in [-0.15, -0.1) is 0 Å². The van der Waals surface area contributed by atoms with Crippen LogP contribution in [0.2, 0.25) is 0 Å². The molecule has 1 saturated carbocycles. The highest BCUT2D eigenvalue weighted by Gasteiger charge is 2.34. The third kappa shape index (κ3) is 3.96. The fraction of sp³-hybridized carbons (Fsp3) is 1.00. The highest BCUT2D eigenvalue weighted by atomic mass is 15.3. The largest absolute Gasteiger partial charge is 0.327 e. The Kier molecular flexibility index (Phi) is 5.14. The van der Waals surface area contributed by atoms with E-state index in [-0.39, 0.29) is 0 Å². The molecule has 1 saturated heterocycles. The molecule has 3 heteroatoms. The average Bonchev–Trinajstić information content (AvgIpc) is 2.33. The Morgan fingerprint density at radius 1 is 1.00 bits per heavy atom. The molecule has 2 rings (SSSR count). The molecule has 1 aliphatic heterocycles. The van der Waals surface area contributed by atoms with Crippen molar-refractivity contribution in [2.24, 2.45) is 23.5 Å². The van der Waals surface area contributed by atoms with Gasteiger partial charge in [0.25, 0.3) is 0 Å². The second kappa shape index (κ2) is 6.33. The monoisotopic (exact) mass is 281 g/mol. The topological polar surface area (TPSA) is 32.5 Å². The van der Waals surface area contributed by atoms with Crippen LogP contribution in [0.4, 0.5) is 0 Å². The van der Waals surface area contributed by atoms with E-state index in [2.05, 4.69) is 44.4 Å². The minimum absolute atomic E-state index is 0.316. The number of nitrogens with two attached hydrogens (primary N) is 1. The zero-order valence-corrected chi connectivity index (χ0v) is 14.2. The van der Waals surface area contributed by atoms with Crippen LogP contribution in [0.25, 0.3) is 0 Å². The highest BCUT2D eigenvalue weighted by Crippen LogP contribution is 2.33. The first kappa shape index (κ1) is 16.3. The molecule has 0 aromatic carbocycles. The first-order valence-electron chi connectivity index (χ1n) is 8.50. The minimum atomic E-state index is 0.316. The van der Waals surface area contributed by atoms with E-state index in [1.165, 1.54) is 45.6 Å². The van der Waals surface area contributed by atoms with E-state index in [4.69, 9.17) is 5.73 Å². The van der Waals surface area contributed by atoms with Crippen molar-refractivity contribution in [1.29, 1.82) is 0 Å². The van der Waals surface area contributed by atoms with E-state index >= 15 is 0 Å². The molecule has 20 heavy (non-hydrogen) atoms. The molecule has 0 radical (unpaired) electrons. The van der Waals surface area contributed by atoms with E-state index in [0.29, 0.717) is 17.5 Å². The van der Waals surface area contributed by atoms with Crippen LogP contribution in [0.1, 0.15) is 47.5 Å². The predicted octanol–water partition coefficient (Wildman–Crippen LogP) is 2.41. The van der Waals surface area contributed by atoms with Crippen molar-refractivity contribution in [2.75, 3.05) is 32.7 Å². The Labute approximate surface area is 125 Å². The Hall–Kier alpha value is -0.120. The standard InChI is InChI=1S/C17H35N3/c1-13-10-14(2)15(16(18)11-13)12-19-6-8-20(9-7-19)17(3,4)5/h13-16H,6-12,18H2,1-5H3. The SMILES string of the molecule is CC1CC(C)C(CN2CCN(C(C)(C)C)CC2)C(N)C1. The van der Waals surface area contributed by atoms with Gasteiger partial charge >= 0.3 is 0 Å². The van der Waals surface area contributed by atoms with Crippen molar-refractivity contribution < 1.29 is 0 Å². The predicted molar refractivity (Wildman–Crippen MR) is 86.8 cm³/mol. The number of hydrogen-bond acceptors (Lipinski definition) is 3. The number of rotatable bonds is 2. The van der Waals surface area contributed by atoms with Crippen molar-refractivity contribution in [3.05, 3.63) is 0 Å². The van der Waals surface area contributed by atoms with Crippen LogP contribution in [0.15, 0.2) is 0 Å². The zero-order valence-electron chi connectivity index (χ0n) is 14.2. The molecule has 2 aliphatic rings. The Morgan fingerprint density at radius 3 is 2.10 bits per heavy atom. The molecule has 4 atom stereocenters. The summed E-state index contributed by atoms with van der Waals surface area (Å²) >= 11 is 0. The van der Waals surface area contributed by atoms with Crippen LogP contribution in [-0.4, -0.2) is 54.1 Å². The van der Waals surface area contributed by atoms with Gasteiger partial charge in [0.2, 0.25) is 0 Å². The van der Waals surface area contributed by atoms with Crippen LogP contribution in [0.5, 0.6) is 0 Å². The molecule has 2 fully saturated rings. The van der Waals surface area contributed by atoms with Gasteiger partial charge in [0, 0.05) is 44.3 Å². The summed E-state index contributed by atoms with van der Waals surface area (Å²) in [6.07, 6.45) is 2.58. The van der Waals surface area contributed by atoms with Crippen LogP contribution >= 0.6 is 0 Å². The molecule has 3 nitrogen and oxygen atoms in total. The number of hydrogen-bond donors (Lipinski definition) is 1. The van der Waals surface area contributed by atoms with Crippen LogP contribution < -0.4 is 5.73 Å². The van der Waals surface area contributed by atoms with Crippen molar-refractivity contribution in [3.8, 4) is 0 Å². The summed E-state index contributed by atoms with van der Waals surface area (Å²) in [7, 11) is 0. The van der Waals surface area contributed by atoms with Crippen molar-refractivity contribution in [1.82, 2.24) is 9.80 Å². The van der Waals surface area contributed by atoms with E-state index < -0.39 is 0 Å². The third-order valence-electron chi connectivity index (χ3n) is 5.52. The summed E-state index contributed by atoms with van der Waals surface area (Å²) in [6.45, 7) is 17.8. The molecule has 118 valence electrons. The summed E-state index contributed by atoms with van der Waals surface area (Å²) in [6, 6.07) is 0.411. The molecule has 2 N–H and O–H groups in total. The van der Waals surface area contributed by atoms with Gasteiger partial charge < -0.3 is 10.6 Å². The normalized spacial score (nSPS) is 38.1. The molecule has 1 heterocycles. The van der Waals surface area contributed by atoms with Crippen LogP contribution in [0.3, 0.4) is 0 Å². The van der Waals surface area contributed by atoms with Crippen LogP contribution in [-0.2, 0) is 0 Å². The maximum absolute atomic E-state index is 6.44. The lowest BCUT2D eigenvalue weighted by Gasteiger charge is -2.45. The fourth-order valence-electron chi connectivity index (χ4n) is 4.18. The molecular formula is C17H35N3. The lowest BCUT2D eigenvalue weighted by Crippen LogP contribution is -2.55. The van der Waals surface area contributed by atoms with Gasteiger partial charge in [-0.2, -0.15) is 0 Å². The maximum Gasteiger partial charge on any atom is 0.0126 e. The van der Waals surface area contributed by atoms with Gasteiger partial charge in [-0.3, -0.25) is 4.90 Å². The minimum Gasteiger partial charge on any atom is -0.327 e. The van der Waals surface area contributed by atoms with E-state index in [0.717, 1.165) is 11.8 Å². The van der Waals surface area contributed by atoms with Crippen molar-refractivity contribution >= 4 is 0 Å². The van der Waals surface area contributed by atoms with Gasteiger partial charge in [0.15, 0.2) is 0 Å². The summed E-state index contributed by atoms with van der Waals surface area (Å²) in [5.41, 5.74) is 6.75. The van der Waals surface area contributed by atoms with Gasteiger partial charge in [-0.1, -0.05) is 13.8 Å². The summed E-state index contributed by atoms with van der Waals surface area (Å²) in [5.74, 6) is 2.30. The second-order valence-electron chi connectivity index (χ2n) is 8.34. The molecule has 0 aromatic rings. The molecule has 0 amide bonds. The number of piperazine rings is 1. The molecular weight excluding hydrogens is 246 g/mol. The quantitative estimate of drug-likeness (QED) is 0.844. The highest BCUT2D eigenvalue weighted by molar-refractivity contribution is 4.89. The van der Waals surface area contributed by atoms with E-state index in [9.17, 15) is 0 Å². The lowest BCUT2D eigenvalue weighted by molar-refractivity contribution is 0.0390. The summed E-state index contributed by atoms with van der Waals surface area (Å²) < 4.78 is 0. The second-order valence-corrected chi connectivity index (χ2v) is 8.34. The Bertz CT molecular complexity index is 290. The van der Waals surface area contributed by atoms with Gasteiger partial charge in [0.1, 0.15) is 0 Å². The summed E-state index contributed by atoms with van der Waals surface area (Å²) in [4.78, 5) is 5.26. The number of nitrogens with zero attached hydrogens (tertiary/aromatic N) is 2. The molecule has 0 spiro atoms. The lowest BCUT2D eigenvalue weighted by atomic mass is 9.72. The Balaban J connectivity index is 1.83. The van der Waals surface area contributed by atoms with Crippen molar-refractivity contribution in [2.45, 2.75) is 59.0 Å². The van der Waals surface area contributed by atoms with Gasteiger partial charge in [-0.05, 0) is 51.4 Å². The Morgan fingerprint density at radius 2 is 1.60 bits per heavy atom.